The lowest BCUT2D eigenvalue weighted by molar-refractivity contribution is -0.129. The lowest BCUT2D eigenvalue weighted by Gasteiger charge is -2.17. The fourth-order valence-corrected chi connectivity index (χ4v) is 2.91. The monoisotopic (exact) mass is 359 g/mol. The van der Waals surface area contributed by atoms with Crippen molar-refractivity contribution < 1.29 is 14.7 Å². The number of carbonyl (C=O) groups is 2. The third-order valence-corrected chi connectivity index (χ3v) is 4.47. The number of benzene rings is 1. The molecule has 0 aliphatic heterocycles. The van der Waals surface area contributed by atoms with Crippen molar-refractivity contribution in [3.05, 3.63) is 40.2 Å². The Bertz CT molecular complexity index is 873. The molecule has 3 N–H and O–H groups in total. The van der Waals surface area contributed by atoms with Crippen LogP contribution in [0.2, 0.25) is 0 Å². The number of rotatable bonds is 7. The molecule has 7 heteroatoms. The van der Waals surface area contributed by atoms with Gasteiger partial charge in [-0.05, 0) is 18.6 Å². The highest BCUT2D eigenvalue weighted by atomic mass is 16.3. The van der Waals surface area contributed by atoms with Crippen molar-refractivity contribution in [2.75, 3.05) is 0 Å². The van der Waals surface area contributed by atoms with Gasteiger partial charge in [-0.15, -0.1) is 0 Å². The van der Waals surface area contributed by atoms with Crippen LogP contribution in [0.15, 0.2) is 29.1 Å². The molecule has 140 valence electrons. The zero-order valence-corrected chi connectivity index (χ0v) is 15.2. The van der Waals surface area contributed by atoms with Crippen molar-refractivity contribution in [2.45, 2.75) is 45.4 Å². The molecule has 2 aromatic rings. The van der Waals surface area contributed by atoms with Crippen molar-refractivity contribution in [1.29, 1.82) is 0 Å². The van der Waals surface area contributed by atoms with Crippen molar-refractivity contribution in [1.82, 2.24) is 9.58 Å². The van der Waals surface area contributed by atoms with Crippen LogP contribution in [0.1, 0.15) is 55.8 Å². The van der Waals surface area contributed by atoms with Gasteiger partial charge in [0.05, 0.1) is 5.52 Å². The summed E-state index contributed by atoms with van der Waals surface area (Å²) in [5.41, 5.74) is -0.706. The molecule has 0 bridgehead atoms. The zero-order chi connectivity index (χ0) is 19.3. The fraction of sp³-hybridized carbons (Fsp3) is 0.421. The number of para-hydroxylation sites is 1. The van der Waals surface area contributed by atoms with Crippen LogP contribution in [0.3, 0.4) is 0 Å². The minimum atomic E-state index is -0.993. The molecule has 0 saturated heterocycles. The maximum atomic E-state index is 12.6. The maximum Gasteiger partial charge on any atom is 0.284 e. The number of imide groups is 1. The van der Waals surface area contributed by atoms with E-state index >= 15 is 0 Å². The number of aromatic hydroxyl groups is 1. The van der Waals surface area contributed by atoms with E-state index in [2.05, 4.69) is 6.92 Å². The van der Waals surface area contributed by atoms with Gasteiger partial charge < -0.3 is 9.67 Å². The van der Waals surface area contributed by atoms with Gasteiger partial charge in [-0.1, -0.05) is 44.7 Å². The van der Waals surface area contributed by atoms with Gasteiger partial charge in [0, 0.05) is 18.9 Å². The molecule has 2 rings (SSSR count). The molecule has 1 heterocycles. The summed E-state index contributed by atoms with van der Waals surface area (Å²) < 4.78 is 1.26. The first-order chi connectivity index (χ1) is 12.4. The second kappa shape index (κ2) is 8.62. The molecular weight excluding hydrogens is 334 g/mol. The first kappa shape index (κ1) is 19.7. The standard InChI is InChI=1S/C19H25N3O4/c1-3-4-5-6-7-12-15(23)22(20)19(26)16-17(24)13-10-8-9-11-14(13)21(2)18(16)25/h8-11,24H,3-7,12,20H2,1-2H3. The second-order valence-corrected chi connectivity index (χ2v) is 6.34. The molecule has 1 aromatic carbocycles. The number of amides is 2. The number of nitrogens with two attached hydrogens (primary N) is 1. The van der Waals surface area contributed by atoms with Gasteiger partial charge in [-0.25, -0.2) is 10.9 Å². The Hall–Kier alpha value is -2.67. The number of hydrazine groups is 1. The summed E-state index contributed by atoms with van der Waals surface area (Å²) in [4.78, 5) is 37.2. The highest BCUT2D eigenvalue weighted by Gasteiger charge is 2.27. The Labute approximate surface area is 152 Å². The highest BCUT2D eigenvalue weighted by molar-refractivity contribution is 6.08. The van der Waals surface area contributed by atoms with Crippen molar-refractivity contribution >= 4 is 22.7 Å². The summed E-state index contributed by atoms with van der Waals surface area (Å²) in [7, 11) is 1.50. The number of carbonyl (C=O) groups excluding carboxylic acids is 2. The van der Waals surface area contributed by atoms with Crippen molar-refractivity contribution in [2.24, 2.45) is 12.9 Å². The van der Waals surface area contributed by atoms with Crippen LogP contribution in [0.5, 0.6) is 5.75 Å². The van der Waals surface area contributed by atoms with E-state index in [0.29, 0.717) is 22.3 Å². The van der Waals surface area contributed by atoms with E-state index in [1.165, 1.54) is 11.6 Å². The minimum absolute atomic E-state index is 0.126. The first-order valence-electron chi connectivity index (χ1n) is 8.82. The summed E-state index contributed by atoms with van der Waals surface area (Å²) in [6, 6.07) is 6.66. The van der Waals surface area contributed by atoms with E-state index in [1.807, 2.05) is 0 Å². The average molecular weight is 359 g/mol. The van der Waals surface area contributed by atoms with E-state index in [0.717, 1.165) is 25.7 Å². The number of pyridine rings is 1. The number of hydrogen-bond acceptors (Lipinski definition) is 5. The summed E-state index contributed by atoms with van der Waals surface area (Å²) in [5.74, 6) is 3.62. The topological polar surface area (TPSA) is 106 Å². The van der Waals surface area contributed by atoms with Crippen LogP contribution in [0.25, 0.3) is 10.9 Å². The average Bonchev–Trinajstić information content (AvgIpc) is 2.65. The highest BCUT2D eigenvalue weighted by Crippen LogP contribution is 2.26. The Morgan fingerprint density at radius 3 is 2.50 bits per heavy atom. The molecule has 0 aliphatic carbocycles. The molecule has 2 amide bonds. The molecule has 0 spiro atoms. The van der Waals surface area contributed by atoms with Crippen molar-refractivity contribution in [3.63, 3.8) is 0 Å². The van der Waals surface area contributed by atoms with E-state index in [4.69, 9.17) is 5.84 Å². The number of aryl methyl sites for hydroxylation is 1. The van der Waals surface area contributed by atoms with Gasteiger partial charge in [0.2, 0.25) is 5.91 Å². The Kier molecular flexibility index (Phi) is 6.52. The third-order valence-electron chi connectivity index (χ3n) is 4.47. The van der Waals surface area contributed by atoms with E-state index in [-0.39, 0.29) is 6.42 Å². The molecule has 0 radical (unpaired) electrons. The largest absolute Gasteiger partial charge is 0.506 e. The molecule has 0 saturated carbocycles. The van der Waals surface area contributed by atoms with Crippen LogP contribution in [-0.4, -0.2) is 26.5 Å². The first-order valence-corrected chi connectivity index (χ1v) is 8.82. The number of unbranched alkanes of at least 4 members (excludes halogenated alkanes) is 4. The smallest absolute Gasteiger partial charge is 0.284 e. The normalized spacial score (nSPS) is 10.9. The SMILES string of the molecule is CCCCCCCC(=O)N(N)C(=O)c1c(O)c2ccccc2n(C)c1=O. The fourth-order valence-electron chi connectivity index (χ4n) is 2.91. The summed E-state index contributed by atoms with van der Waals surface area (Å²) >= 11 is 0. The molecular formula is C19H25N3O4. The lowest BCUT2D eigenvalue weighted by atomic mass is 10.1. The maximum absolute atomic E-state index is 12.6. The van der Waals surface area contributed by atoms with Gasteiger partial charge in [-0.3, -0.25) is 14.4 Å². The number of aromatic nitrogens is 1. The van der Waals surface area contributed by atoms with Gasteiger partial charge in [0.1, 0.15) is 11.3 Å². The van der Waals surface area contributed by atoms with E-state index in [9.17, 15) is 19.5 Å². The molecule has 0 unspecified atom stereocenters. The number of nitrogens with zero attached hydrogens (tertiary/aromatic N) is 2. The quantitative estimate of drug-likeness (QED) is 0.342. The van der Waals surface area contributed by atoms with Crippen LogP contribution in [0, 0.1) is 0 Å². The molecule has 0 atom stereocenters. The Morgan fingerprint density at radius 2 is 1.81 bits per heavy atom. The van der Waals surface area contributed by atoms with Crippen LogP contribution in [0.4, 0.5) is 0 Å². The summed E-state index contributed by atoms with van der Waals surface area (Å²) in [5, 5.41) is 11.2. The predicted molar refractivity (Wildman–Crippen MR) is 99.6 cm³/mol. The van der Waals surface area contributed by atoms with Gasteiger partial charge in [0.15, 0.2) is 0 Å². The Balaban J connectivity index is 2.24. The summed E-state index contributed by atoms with van der Waals surface area (Å²) in [6.45, 7) is 2.10. The zero-order valence-electron chi connectivity index (χ0n) is 15.2. The third kappa shape index (κ3) is 3.94. The number of hydrogen-bond donors (Lipinski definition) is 2. The predicted octanol–water partition coefficient (Wildman–Crippen LogP) is 2.45. The van der Waals surface area contributed by atoms with Gasteiger partial charge in [0.25, 0.3) is 11.5 Å². The summed E-state index contributed by atoms with van der Waals surface area (Å²) in [6.07, 6.45) is 4.85. The molecule has 1 aromatic heterocycles. The molecule has 7 nitrogen and oxygen atoms in total. The molecule has 0 aliphatic rings. The van der Waals surface area contributed by atoms with Crippen LogP contribution in [-0.2, 0) is 11.8 Å². The van der Waals surface area contributed by atoms with E-state index in [1.54, 1.807) is 24.3 Å². The lowest BCUT2D eigenvalue weighted by Crippen LogP contribution is -2.45. The number of fused-ring (bicyclic) bond motifs is 1. The Morgan fingerprint density at radius 1 is 1.15 bits per heavy atom. The van der Waals surface area contributed by atoms with Crippen LogP contribution < -0.4 is 11.4 Å². The molecule has 0 fully saturated rings. The minimum Gasteiger partial charge on any atom is -0.506 e. The molecule has 26 heavy (non-hydrogen) atoms. The second-order valence-electron chi connectivity index (χ2n) is 6.34. The van der Waals surface area contributed by atoms with E-state index < -0.39 is 28.7 Å². The van der Waals surface area contributed by atoms with Gasteiger partial charge >= 0.3 is 0 Å². The van der Waals surface area contributed by atoms with Crippen LogP contribution >= 0.6 is 0 Å². The van der Waals surface area contributed by atoms with Crippen molar-refractivity contribution in [3.8, 4) is 5.75 Å². The van der Waals surface area contributed by atoms with Gasteiger partial charge in [-0.2, -0.15) is 0 Å².